The highest BCUT2D eigenvalue weighted by atomic mass is 79.9. The molecule has 6 heteroatoms. The molecule has 0 spiro atoms. The second-order valence-corrected chi connectivity index (χ2v) is 5.06. The van der Waals surface area contributed by atoms with Gasteiger partial charge in [-0.2, -0.15) is 4.98 Å². The van der Waals surface area contributed by atoms with Crippen molar-refractivity contribution in [1.82, 2.24) is 10.1 Å². The van der Waals surface area contributed by atoms with Crippen LogP contribution in [0.2, 0.25) is 0 Å². The second-order valence-electron chi connectivity index (χ2n) is 4.20. The minimum absolute atomic E-state index is 0.201. The predicted molar refractivity (Wildman–Crippen MR) is 75.8 cm³/mol. The maximum Gasteiger partial charge on any atom is 0.243 e. The lowest BCUT2D eigenvalue weighted by molar-refractivity contribution is 0.348. The van der Waals surface area contributed by atoms with Crippen LogP contribution in [0.5, 0.6) is 5.75 Å². The van der Waals surface area contributed by atoms with Crippen LogP contribution in [0.15, 0.2) is 27.2 Å². The van der Waals surface area contributed by atoms with Crippen molar-refractivity contribution in [1.29, 1.82) is 0 Å². The van der Waals surface area contributed by atoms with Gasteiger partial charge in [-0.1, -0.05) is 18.5 Å². The van der Waals surface area contributed by atoms with E-state index in [2.05, 4.69) is 33.0 Å². The van der Waals surface area contributed by atoms with Gasteiger partial charge in [-0.25, -0.2) is 0 Å². The van der Waals surface area contributed by atoms with Gasteiger partial charge in [0.1, 0.15) is 5.75 Å². The van der Waals surface area contributed by atoms with E-state index in [0.717, 1.165) is 28.6 Å². The van der Waals surface area contributed by atoms with Crippen molar-refractivity contribution in [2.45, 2.75) is 25.8 Å². The normalized spacial score (nSPS) is 12.4. The van der Waals surface area contributed by atoms with E-state index < -0.39 is 0 Å². The molecule has 5 nitrogen and oxygen atoms in total. The number of nitrogens with two attached hydrogens (primary N) is 1. The maximum absolute atomic E-state index is 5.95. The van der Waals surface area contributed by atoms with Crippen molar-refractivity contribution >= 4 is 15.9 Å². The number of aromatic nitrogens is 2. The quantitative estimate of drug-likeness (QED) is 0.912. The van der Waals surface area contributed by atoms with Gasteiger partial charge in [0, 0.05) is 5.56 Å². The Hall–Kier alpha value is -1.40. The number of hydrogen-bond donors (Lipinski definition) is 1. The van der Waals surface area contributed by atoms with Crippen LogP contribution in [-0.2, 0) is 0 Å². The molecule has 0 radical (unpaired) electrons. The summed E-state index contributed by atoms with van der Waals surface area (Å²) in [5, 5.41) is 3.96. The Morgan fingerprint density at radius 2 is 2.26 bits per heavy atom. The van der Waals surface area contributed by atoms with Crippen LogP contribution in [0.25, 0.3) is 11.4 Å². The number of rotatable bonds is 5. The summed E-state index contributed by atoms with van der Waals surface area (Å²) in [5.74, 6) is 1.77. The Morgan fingerprint density at radius 3 is 2.89 bits per heavy atom. The SMILES string of the molecule is CCC[C@@H](N)c1nc(-c2ccc(OC)c(Br)c2)no1. The Bertz CT molecular complexity index is 557. The lowest BCUT2D eigenvalue weighted by atomic mass is 10.2. The number of methoxy groups -OCH3 is 1. The van der Waals surface area contributed by atoms with Gasteiger partial charge in [-0.05, 0) is 40.5 Å². The molecule has 102 valence electrons. The fraction of sp³-hybridized carbons (Fsp3) is 0.385. The third-order valence-electron chi connectivity index (χ3n) is 2.77. The topological polar surface area (TPSA) is 74.2 Å². The largest absolute Gasteiger partial charge is 0.496 e. The third kappa shape index (κ3) is 3.13. The van der Waals surface area contributed by atoms with E-state index in [1.165, 1.54) is 0 Å². The molecular weight excluding hydrogens is 310 g/mol. The molecule has 0 aliphatic rings. The zero-order valence-electron chi connectivity index (χ0n) is 10.9. The van der Waals surface area contributed by atoms with E-state index >= 15 is 0 Å². The van der Waals surface area contributed by atoms with Crippen LogP contribution in [-0.4, -0.2) is 17.3 Å². The number of halogens is 1. The van der Waals surface area contributed by atoms with E-state index in [1.807, 2.05) is 18.2 Å². The van der Waals surface area contributed by atoms with E-state index in [0.29, 0.717) is 11.7 Å². The smallest absolute Gasteiger partial charge is 0.243 e. The summed E-state index contributed by atoms with van der Waals surface area (Å²) in [7, 11) is 1.62. The summed E-state index contributed by atoms with van der Waals surface area (Å²) in [6.07, 6.45) is 1.81. The van der Waals surface area contributed by atoms with Gasteiger partial charge in [0.25, 0.3) is 0 Å². The summed E-state index contributed by atoms with van der Waals surface area (Å²) in [6, 6.07) is 5.41. The minimum atomic E-state index is -0.201. The number of ether oxygens (including phenoxy) is 1. The number of benzene rings is 1. The van der Waals surface area contributed by atoms with Gasteiger partial charge >= 0.3 is 0 Å². The Balaban J connectivity index is 2.25. The molecule has 2 rings (SSSR count). The van der Waals surface area contributed by atoms with Crippen molar-refractivity contribution < 1.29 is 9.26 Å². The first-order valence-corrected chi connectivity index (χ1v) is 6.88. The van der Waals surface area contributed by atoms with E-state index in [4.69, 9.17) is 15.0 Å². The van der Waals surface area contributed by atoms with Crippen LogP contribution >= 0.6 is 15.9 Å². The molecule has 0 unspecified atom stereocenters. The van der Waals surface area contributed by atoms with Crippen LogP contribution in [0, 0.1) is 0 Å². The predicted octanol–water partition coefficient (Wildman–Crippen LogP) is 3.31. The molecule has 0 saturated heterocycles. The Kier molecular flexibility index (Phi) is 4.55. The molecule has 0 saturated carbocycles. The molecule has 19 heavy (non-hydrogen) atoms. The molecule has 0 aliphatic heterocycles. The minimum Gasteiger partial charge on any atom is -0.496 e. The van der Waals surface area contributed by atoms with Gasteiger partial charge in [-0.3, -0.25) is 0 Å². The average molecular weight is 326 g/mol. The van der Waals surface area contributed by atoms with E-state index in [1.54, 1.807) is 7.11 Å². The van der Waals surface area contributed by atoms with Gasteiger partial charge in [0.15, 0.2) is 0 Å². The van der Waals surface area contributed by atoms with Crippen molar-refractivity contribution in [3.63, 3.8) is 0 Å². The summed E-state index contributed by atoms with van der Waals surface area (Å²) in [5.41, 5.74) is 6.80. The fourth-order valence-electron chi connectivity index (χ4n) is 1.74. The van der Waals surface area contributed by atoms with Crippen LogP contribution < -0.4 is 10.5 Å². The number of nitrogens with zero attached hydrogens (tertiary/aromatic N) is 2. The molecule has 0 bridgehead atoms. The molecule has 0 fully saturated rings. The summed E-state index contributed by atoms with van der Waals surface area (Å²) in [4.78, 5) is 4.33. The highest BCUT2D eigenvalue weighted by molar-refractivity contribution is 9.10. The van der Waals surface area contributed by atoms with Gasteiger partial charge in [0.05, 0.1) is 17.6 Å². The van der Waals surface area contributed by atoms with Crippen LogP contribution in [0.3, 0.4) is 0 Å². The zero-order valence-corrected chi connectivity index (χ0v) is 12.5. The molecule has 2 N–H and O–H groups in total. The fourth-order valence-corrected chi connectivity index (χ4v) is 2.28. The third-order valence-corrected chi connectivity index (χ3v) is 3.39. The monoisotopic (exact) mass is 325 g/mol. The molecule has 1 aromatic carbocycles. The number of hydrogen-bond acceptors (Lipinski definition) is 5. The lowest BCUT2D eigenvalue weighted by Gasteiger charge is -2.03. The maximum atomic E-state index is 5.95. The van der Waals surface area contributed by atoms with Crippen molar-refractivity contribution in [3.8, 4) is 17.1 Å². The average Bonchev–Trinajstić information content (AvgIpc) is 2.88. The molecule has 1 atom stereocenters. The van der Waals surface area contributed by atoms with Crippen LogP contribution in [0.1, 0.15) is 31.7 Å². The Morgan fingerprint density at radius 1 is 1.47 bits per heavy atom. The van der Waals surface area contributed by atoms with Crippen molar-refractivity contribution in [2.24, 2.45) is 5.73 Å². The summed E-state index contributed by atoms with van der Waals surface area (Å²) >= 11 is 3.43. The lowest BCUT2D eigenvalue weighted by Crippen LogP contribution is -2.09. The zero-order chi connectivity index (χ0) is 13.8. The van der Waals surface area contributed by atoms with Crippen LogP contribution in [0.4, 0.5) is 0 Å². The van der Waals surface area contributed by atoms with Gasteiger partial charge < -0.3 is 15.0 Å². The van der Waals surface area contributed by atoms with Crippen molar-refractivity contribution in [2.75, 3.05) is 7.11 Å². The highest BCUT2D eigenvalue weighted by Gasteiger charge is 2.15. The van der Waals surface area contributed by atoms with E-state index in [9.17, 15) is 0 Å². The molecular formula is C13H16BrN3O2. The Labute approximate surface area is 120 Å². The van der Waals surface area contributed by atoms with E-state index in [-0.39, 0.29) is 6.04 Å². The highest BCUT2D eigenvalue weighted by Crippen LogP contribution is 2.29. The van der Waals surface area contributed by atoms with Crippen molar-refractivity contribution in [3.05, 3.63) is 28.6 Å². The second kappa shape index (κ2) is 6.16. The molecule has 2 aromatic rings. The van der Waals surface area contributed by atoms with Gasteiger partial charge in [-0.15, -0.1) is 0 Å². The standard InChI is InChI=1S/C13H16BrN3O2/c1-3-4-10(15)13-16-12(17-19-13)8-5-6-11(18-2)9(14)7-8/h5-7,10H,3-4,15H2,1-2H3/t10-/m1/s1. The first-order valence-electron chi connectivity index (χ1n) is 6.08. The summed E-state index contributed by atoms with van der Waals surface area (Å²) in [6.45, 7) is 2.07. The first-order chi connectivity index (χ1) is 9.15. The molecule has 1 aromatic heterocycles. The molecule has 0 aliphatic carbocycles. The molecule has 1 heterocycles. The molecule has 0 amide bonds. The first kappa shape index (κ1) is 14.0. The van der Waals surface area contributed by atoms with Gasteiger partial charge in [0.2, 0.25) is 11.7 Å². The summed E-state index contributed by atoms with van der Waals surface area (Å²) < 4.78 is 11.2.